The van der Waals surface area contributed by atoms with Crippen LogP contribution in [-0.4, -0.2) is 32.0 Å². The Morgan fingerprint density at radius 2 is 1.04 bits per heavy atom. The van der Waals surface area contributed by atoms with Crippen molar-refractivity contribution in [2.75, 3.05) is 11.5 Å². The number of pyridine rings is 2. The van der Waals surface area contributed by atoms with Crippen LogP contribution < -0.4 is 22.9 Å². The van der Waals surface area contributed by atoms with Gasteiger partial charge in [-0.2, -0.15) is 0 Å². The molecule has 4 aromatic carbocycles. The van der Waals surface area contributed by atoms with E-state index in [-0.39, 0.29) is 34.3 Å². The topological polar surface area (TPSA) is 204 Å². The van der Waals surface area contributed by atoms with Crippen LogP contribution in [0.5, 0.6) is 11.5 Å². The molecule has 0 fully saturated rings. The summed E-state index contributed by atoms with van der Waals surface area (Å²) in [6, 6.07) is 18.2. The van der Waals surface area contributed by atoms with Gasteiger partial charge in [0.1, 0.15) is 17.3 Å². The summed E-state index contributed by atoms with van der Waals surface area (Å²) in [5.74, 6) is -1.64. The fourth-order valence-electron chi connectivity index (χ4n) is 5.83. The number of phenolic OH excluding ortho intramolecular Hbond substituents is 2. The monoisotopic (exact) mass is 662 g/mol. The highest BCUT2D eigenvalue weighted by Gasteiger charge is 2.23. The number of benzene rings is 4. The number of aromatic nitrogens is 2. The van der Waals surface area contributed by atoms with Gasteiger partial charge in [-0.05, 0) is 97.5 Å². The van der Waals surface area contributed by atoms with Crippen molar-refractivity contribution in [3.63, 3.8) is 0 Å². The number of fused-ring (bicyclic) bond motifs is 2. The molecule has 6 aromatic rings. The smallest absolute Gasteiger partial charge is 0.269 e. The average Bonchev–Trinajstić information content (AvgIpc) is 3.07. The number of para-hydroxylation sites is 1. The largest absolute Gasteiger partial charge is 0.508 e. The van der Waals surface area contributed by atoms with Crippen molar-refractivity contribution in [2.45, 2.75) is 41.5 Å². The summed E-state index contributed by atoms with van der Waals surface area (Å²) in [5.41, 5.74) is 30.1. The Kier molecular flexibility index (Phi) is 10.4. The van der Waals surface area contributed by atoms with E-state index >= 15 is 0 Å². The van der Waals surface area contributed by atoms with E-state index in [9.17, 15) is 24.2 Å². The maximum Gasteiger partial charge on any atom is 0.269 e. The van der Waals surface area contributed by atoms with Crippen molar-refractivity contribution in [1.29, 1.82) is 0 Å². The highest BCUT2D eigenvalue weighted by molar-refractivity contribution is 6.10. The lowest BCUT2D eigenvalue weighted by Crippen LogP contribution is -2.17. The van der Waals surface area contributed by atoms with Gasteiger partial charge in [0, 0.05) is 21.9 Å². The third-order valence-electron chi connectivity index (χ3n) is 8.17. The number of anilines is 2. The number of rotatable bonds is 4. The molecule has 2 amide bonds. The molecule has 0 aliphatic heterocycles. The average molecular weight is 663 g/mol. The molecule has 10 N–H and O–H groups in total. The molecule has 0 aliphatic rings. The van der Waals surface area contributed by atoms with E-state index in [4.69, 9.17) is 22.9 Å². The first-order chi connectivity index (χ1) is 23.2. The van der Waals surface area contributed by atoms with Gasteiger partial charge in [0.2, 0.25) is 0 Å². The second-order valence-electron chi connectivity index (χ2n) is 11.2. The quantitative estimate of drug-likeness (QED) is 0.116. The molecule has 10 nitrogen and oxygen atoms in total. The van der Waals surface area contributed by atoms with Crippen molar-refractivity contribution >= 4 is 45.0 Å². The van der Waals surface area contributed by atoms with Crippen LogP contribution in [0.25, 0.3) is 44.1 Å². The number of nitrogens with two attached hydrogens (primary N) is 4. The molecule has 0 saturated carbocycles. The number of amides is 2. The standard InChI is InChI=1S/C18H16FN3O2.C18H17N3O2.C2H6/c1-8-3-6-13(23)9(2)14(8)15-11-7-10(19)4-5-12(11)22-17(16(15)20)18(21)24;1-9-7-8-13(22)10(2)14(9)15-11-5-3-4-6-12(11)21-17(16(15)19)18(20)23;1-2/h3-7,23H,20H2,1-2H3,(H2,21,24);3-8,22H,19H2,1-2H3,(H2,20,23);1-2H3. The maximum absolute atomic E-state index is 13.8. The van der Waals surface area contributed by atoms with E-state index in [2.05, 4.69) is 9.97 Å². The van der Waals surface area contributed by atoms with Gasteiger partial charge in [-0.15, -0.1) is 0 Å². The number of carbonyl (C=O) groups is 2. The van der Waals surface area contributed by atoms with Crippen LogP contribution in [-0.2, 0) is 0 Å². The summed E-state index contributed by atoms with van der Waals surface area (Å²) in [7, 11) is 0. The normalized spacial score (nSPS) is 10.6. The number of aryl methyl sites for hydroxylation is 2. The third kappa shape index (κ3) is 6.64. The SMILES string of the molecule is CC.Cc1ccc(O)c(C)c1-c1c(N)c(C(N)=O)nc2ccc(F)cc12.Cc1ccc(O)c(C)c1-c1c(N)c(C(N)=O)nc2ccccc12. The predicted octanol–water partition coefficient (Wildman–Crippen LogP) is 6.98. The van der Waals surface area contributed by atoms with Crippen LogP contribution in [0, 0.1) is 33.5 Å². The zero-order chi connectivity index (χ0) is 36.3. The van der Waals surface area contributed by atoms with Crippen LogP contribution >= 0.6 is 0 Å². The summed E-state index contributed by atoms with van der Waals surface area (Å²) in [5, 5.41) is 21.4. The first-order valence-electron chi connectivity index (χ1n) is 15.5. The molecule has 0 bridgehead atoms. The number of primary amides is 2. The van der Waals surface area contributed by atoms with Gasteiger partial charge in [-0.25, -0.2) is 14.4 Å². The Morgan fingerprint density at radius 3 is 1.51 bits per heavy atom. The molecule has 2 heterocycles. The number of aromatic hydroxyl groups is 2. The fraction of sp³-hybridized carbons (Fsp3) is 0.158. The molecule has 0 atom stereocenters. The van der Waals surface area contributed by atoms with E-state index in [0.717, 1.165) is 22.1 Å². The number of nitrogens with zero attached hydrogens (tertiary/aromatic N) is 2. The van der Waals surface area contributed by atoms with Crippen molar-refractivity contribution < 1.29 is 24.2 Å². The molecular formula is C38H39FN6O4. The molecule has 11 heteroatoms. The minimum atomic E-state index is -0.768. The molecule has 0 radical (unpaired) electrons. The molecule has 0 saturated heterocycles. The minimum Gasteiger partial charge on any atom is -0.508 e. The van der Waals surface area contributed by atoms with Gasteiger partial charge in [-0.3, -0.25) is 9.59 Å². The van der Waals surface area contributed by atoms with E-state index in [0.29, 0.717) is 44.2 Å². The van der Waals surface area contributed by atoms with Crippen LogP contribution in [0.15, 0.2) is 66.7 Å². The molecule has 0 aliphatic carbocycles. The Balaban J connectivity index is 0.000000210. The van der Waals surface area contributed by atoms with Crippen molar-refractivity contribution in [1.82, 2.24) is 9.97 Å². The van der Waals surface area contributed by atoms with E-state index in [1.807, 2.05) is 58.9 Å². The number of hydrogen-bond donors (Lipinski definition) is 6. The summed E-state index contributed by atoms with van der Waals surface area (Å²) >= 11 is 0. The lowest BCUT2D eigenvalue weighted by molar-refractivity contribution is 0.0988. The van der Waals surface area contributed by atoms with E-state index < -0.39 is 17.6 Å². The second-order valence-corrected chi connectivity index (χ2v) is 11.2. The first kappa shape index (κ1) is 35.6. The van der Waals surface area contributed by atoms with E-state index in [1.54, 1.807) is 31.2 Å². The third-order valence-corrected chi connectivity index (χ3v) is 8.17. The summed E-state index contributed by atoms with van der Waals surface area (Å²) in [6.07, 6.45) is 0. The first-order valence-corrected chi connectivity index (χ1v) is 15.5. The molecule has 0 unspecified atom stereocenters. The number of carbonyl (C=O) groups excluding carboxylic acids is 2. The number of phenols is 2. The van der Waals surface area contributed by atoms with Crippen molar-refractivity contribution in [3.05, 3.63) is 106 Å². The van der Waals surface area contributed by atoms with Crippen LogP contribution in [0.4, 0.5) is 15.8 Å². The van der Waals surface area contributed by atoms with Gasteiger partial charge >= 0.3 is 0 Å². The molecule has 0 spiro atoms. The number of halogens is 1. The number of nitrogen functional groups attached to an aromatic ring is 2. The summed E-state index contributed by atoms with van der Waals surface area (Å²) in [4.78, 5) is 31.9. The molecule has 6 rings (SSSR count). The molecular weight excluding hydrogens is 623 g/mol. The highest BCUT2D eigenvalue weighted by atomic mass is 19.1. The van der Waals surface area contributed by atoms with E-state index in [1.165, 1.54) is 18.2 Å². The zero-order valence-corrected chi connectivity index (χ0v) is 28.1. The van der Waals surface area contributed by atoms with Crippen LogP contribution in [0.3, 0.4) is 0 Å². The minimum absolute atomic E-state index is 0.0424. The van der Waals surface area contributed by atoms with Gasteiger partial charge in [0.15, 0.2) is 11.4 Å². The van der Waals surface area contributed by atoms with Crippen LogP contribution in [0.1, 0.15) is 57.1 Å². The Morgan fingerprint density at radius 1 is 0.612 bits per heavy atom. The Hall–Kier alpha value is -6.23. The summed E-state index contributed by atoms with van der Waals surface area (Å²) < 4.78 is 13.8. The number of hydrogen-bond acceptors (Lipinski definition) is 8. The van der Waals surface area contributed by atoms with Gasteiger partial charge in [0.25, 0.3) is 11.8 Å². The van der Waals surface area contributed by atoms with Gasteiger partial charge in [0.05, 0.1) is 22.4 Å². The van der Waals surface area contributed by atoms with Crippen molar-refractivity contribution in [3.8, 4) is 33.8 Å². The molecule has 49 heavy (non-hydrogen) atoms. The predicted molar refractivity (Wildman–Crippen MR) is 194 cm³/mol. The van der Waals surface area contributed by atoms with Crippen molar-refractivity contribution in [2.24, 2.45) is 11.5 Å². The van der Waals surface area contributed by atoms with Gasteiger partial charge < -0.3 is 33.1 Å². The molecule has 252 valence electrons. The van der Waals surface area contributed by atoms with Crippen LogP contribution in [0.2, 0.25) is 0 Å². The Labute approximate surface area is 283 Å². The lowest BCUT2D eigenvalue weighted by atomic mass is 9.90. The Bertz CT molecular complexity index is 2270. The van der Waals surface area contributed by atoms with Gasteiger partial charge in [-0.1, -0.05) is 44.2 Å². The zero-order valence-electron chi connectivity index (χ0n) is 28.1. The summed E-state index contributed by atoms with van der Waals surface area (Å²) in [6.45, 7) is 11.3. The fourth-order valence-corrected chi connectivity index (χ4v) is 5.83. The maximum atomic E-state index is 13.8. The second kappa shape index (κ2) is 14.3. The molecule has 2 aromatic heterocycles. The highest BCUT2D eigenvalue weighted by Crippen LogP contribution is 2.42. The lowest BCUT2D eigenvalue weighted by Gasteiger charge is -2.17.